The van der Waals surface area contributed by atoms with Crippen LogP contribution in [0.5, 0.6) is 0 Å². The van der Waals surface area contributed by atoms with Crippen LogP contribution in [-0.2, 0) is 0 Å². The zero-order valence-corrected chi connectivity index (χ0v) is 15.7. The van der Waals surface area contributed by atoms with Gasteiger partial charge in [0, 0.05) is 24.0 Å². The molecule has 6 heteroatoms. The Labute approximate surface area is 160 Å². The summed E-state index contributed by atoms with van der Waals surface area (Å²) in [6.07, 6.45) is 4.06. The zero-order chi connectivity index (χ0) is 17.5. The maximum Gasteiger partial charge on any atom is 0.147 e. The molecule has 0 saturated carbocycles. The maximum absolute atomic E-state index is 6.09. The van der Waals surface area contributed by atoms with Crippen molar-refractivity contribution in [2.45, 2.75) is 18.8 Å². The predicted molar refractivity (Wildman–Crippen MR) is 108 cm³/mol. The third kappa shape index (κ3) is 2.91. The van der Waals surface area contributed by atoms with Gasteiger partial charge in [-0.1, -0.05) is 23.7 Å². The highest BCUT2D eigenvalue weighted by atomic mass is 35.5. The van der Waals surface area contributed by atoms with Crippen molar-refractivity contribution in [3.63, 3.8) is 0 Å². The number of para-hydroxylation sites is 2. The molecule has 4 nitrogen and oxygen atoms in total. The van der Waals surface area contributed by atoms with E-state index in [0.29, 0.717) is 5.92 Å². The summed E-state index contributed by atoms with van der Waals surface area (Å²) >= 11 is 7.88. The molecule has 0 radical (unpaired) electrons. The molecule has 1 fully saturated rings. The van der Waals surface area contributed by atoms with Crippen molar-refractivity contribution in [2.24, 2.45) is 0 Å². The molecular weight excluding hydrogens is 364 g/mol. The molecule has 4 aromatic rings. The second-order valence-corrected chi connectivity index (χ2v) is 8.14. The Morgan fingerprint density at radius 2 is 1.77 bits per heavy atom. The molecule has 26 heavy (non-hydrogen) atoms. The highest BCUT2D eigenvalue weighted by Crippen LogP contribution is 2.35. The molecule has 130 valence electrons. The third-order valence-electron chi connectivity index (χ3n) is 4.97. The molecule has 0 aliphatic carbocycles. The van der Waals surface area contributed by atoms with Gasteiger partial charge < -0.3 is 4.90 Å². The fourth-order valence-corrected chi connectivity index (χ4v) is 4.83. The Kier molecular flexibility index (Phi) is 3.98. The number of nitrogens with zero attached hydrogens (tertiary/aromatic N) is 4. The second-order valence-electron chi connectivity index (χ2n) is 6.64. The monoisotopic (exact) mass is 380 g/mol. The number of hydrogen-bond donors (Lipinski definition) is 0. The van der Waals surface area contributed by atoms with Crippen molar-refractivity contribution in [1.29, 1.82) is 0 Å². The molecule has 0 bridgehead atoms. The van der Waals surface area contributed by atoms with E-state index in [0.717, 1.165) is 53.3 Å². The number of rotatable bonds is 2. The Balaban J connectivity index is 1.34. The van der Waals surface area contributed by atoms with Crippen LogP contribution in [-0.4, -0.2) is 28.0 Å². The van der Waals surface area contributed by atoms with E-state index in [-0.39, 0.29) is 0 Å². The molecule has 5 rings (SSSR count). The fraction of sp³-hybridized carbons (Fsp3) is 0.250. The lowest BCUT2D eigenvalue weighted by Gasteiger charge is -2.31. The Morgan fingerprint density at radius 3 is 2.62 bits per heavy atom. The summed E-state index contributed by atoms with van der Waals surface area (Å²) in [5, 5.41) is 1.98. The van der Waals surface area contributed by atoms with Crippen LogP contribution in [0.25, 0.3) is 21.3 Å². The molecule has 2 aromatic heterocycles. The van der Waals surface area contributed by atoms with Gasteiger partial charge in [0.05, 0.1) is 32.5 Å². The second kappa shape index (κ2) is 6.49. The lowest BCUT2D eigenvalue weighted by molar-refractivity contribution is 0.501. The first kappa shape index (κ1) is 16.0. The van der Waals surface area contributed by atoms with E-state index in [1.807, 2.05) is 42.6 Å². The summed E-state index contributed by atoms with van der Waals surface area (Å²) in [5.41, 5.74) is 2.91. The lowest BCUT2D eigenvalue weighted by Crippen LogP contribution is -2.33. The predicted octanol–water partition coefficient (Wildman–Crippen LogP) is 5.28. The summed E-state index contributed by atoms with van der Waals surface area (Å²) in [4.78, 5) is 16.5. The quantitative estimate of drug-likeness (QED) is 0.474. The lowest BCUT2D eigenvalue weighted by atomic mass is 9.97. The molecule has 1 aliphatic rings. The molecule has 0 atom stereocenters. The normalized spacial score (nSPS) is 15.8. The smallest absolute Gasteiger partial charge is 0.147 e. The van der Waals surface area contributed by atoms with Crippen molar-refractivity contribution >= 4 is 50.0 Å². The zero-order valence-electron chi connectivity index (χ0n) is 14.1. The first-order valence-electron chi connectivity index (χ1n) is 8.79. The van der Waals surface area contributed by atoms with Gasteiger partial charge in [-0.2, -0.15) is 0 Å². The summed E-state index contributed by atoms with van der Waals surface area (Å²) in [6.45, 7) is 1.96. The molecule has 1 aliphatic heterocycles. The van der Waals surface area contributed by atoms with Crippen LogP contribution in [0, 0.1) is 0 Å². The first-order chi connectivity index (χ1) is 12.8. The van der Waals surface area contributed by atoms with Gasteiger partial charge in [0.15, 0.2) is 0 Å². The maximum atomic E-state index is 6.09. The van der Waals surface area contributed by atoms with Crippen molar-refractivity contribution in [3.05, 3.63) is 58.7 Å². The number of halogens is 1. The molecule has 2 aromatic carbocycles. The minimum absolute atomic E-state index is 0.510. The van der Waals surface area contributed by atoms with E-state index < -0.39 is 0 Å². The summed E-state index contributed by atoms with van der Waals surface area (Å²) in [7, 11) is 0. The minimum Gasteiger partial charge on any atom is -0.355 e. The van der Waals surface area contributed by atoms with Crippen LogP contribution < -0.4 is 4.90 Å². The van der Waals surface area contributed by atoms with E-state index in [9.17, 15) is 0 Å². The van der Waals surface area contributed by atoms with Gasteiger partial charge in [0.25, 0.3) is 0 Å². The standard InChI is InChI=1S/C20H17ClN4S/c21-14-5-6-18-17(11-14)24-20(26-18)13-7-9-25(10-8-13)19-12-22-15-3-1-2-4-16(15)23-19/h1-6,11-13H,7-10H2. The average Bonchev–Trinajstić information content (AvgIpc) is 3.11. The highest BCUT2D eigenvalue weighted by Gasteiger charge is 2.24. The number of thiazole rings is 1. The number of aromatic nitrogens is 3. The van der Waals surface area contributed by atoms with Crippen LogP contribution in [0.4, 0.5) is 5.82 Å². The molecule has 3 heterocycles. The number of anilines is 1. The van der Waals surface area contributed by atoms with Gasteiger partial charge in [-0.05, 0) is 43.2 Å². The van der Waals surface area contributed by atoms with Gasteiger partial charge in [-0.25, -0.2) is 9.97 Å². The van der Waals surface area contributed by atoms with Crippen LogP contribution in [0.1, 0.15) is 23.8 Å². The SMILES string of the molecule is Clc1ccc2sc(C3CCN(c4cnc5ccccc5n4)CC3)nc2c1. The van der Waals surface area contributed by atoms with Crippen LogP contribution in [0.3, 0.4) is 0 Å². The minimum atomic E-state index is 0.510. The molecule has 0 spiro atoms. The van der Waals surface area contributed by atoms with Crippen LogP contribution in [0.2, 0.25) is 5.02 Å². The number of fused-ring (bicyclic) bond motifs is 2. The largest absolute Gasteiger partial charge is 0.355 e. The summed E-state index contributed by atoms with van der Waals surface area (Å²) in [6, 6.07) is 14.0. The van der Waals surface area contributed by atoms with Crippen LogP contribution >= 0.6 is 22.9 Å². The molecule has 0 unspecified atom stereocenters. The van der Waals surface area contributed by atoms with E-state index in [4.69, 9.17) is 21.6 Å². The molecule has 0 amide bonds. The first-order valence-corrected chi connectivity index (χ1v) is 9.98. The van der Waals surface area contributed by atoms with Crippen molar-refractivity contribution < 1.29 is 0 Å². The summed E-state index contributed by atoms with van der Waals surface area (Å²) < 4.78 is 1.22. The van der Waals surface area contributed by atoms with Gasteiger partial charge in [0.1, 0.15) is 5.82 Å². The van der Waals surface area contributed by atoms with Crippen molar-refractivity contribution in [3.8, 4) is 0 Å². The average molecular weight is 381 g/mol. The van der Waals surface area contributed by atoms with E-state index in [1.54, 1.807) is 11.3 Å². The van der Waals surface area contributed by atoms with Crippen molar-refractivity contribution in [2.75, 3.05) is 18.0 Å². The fourth-order valence-electron chi connectivity index (χ4n) is 3.55. The molecular formula is C20H17ClN4S. The van der Waals surface area contributed by atoms with Gasteiger partial charge >= 0.3 is 0 Å². The van der Waals surface area contributed by atoms with E-state index in [2.05, 4.69) is 16.0 Å². The number of hydrogen-bond acceptors (Lipinski definition) is 5. The van der Waals surface area contributed by atoms with Crippen molar-refractivity contribution in [1.82, 2.24) is 15.0 Å². The topological polar surface area (TPSA) is 41.9 Å². The van der Waals surface area contributed by atoms with E-state index in [1.165, 1.54) is 9.71 Å². The molecule has 1 saturated heterocycles. The summed E-state index contributed by atoms with van der Waals surface area (Å²) in [5.74, 6) is 1.48. The molecule has 0 N–H and O–H groups in total. The number of benzene rings is 2. The van der Waals surface area contributed by atoms with Crippen LogP contribution in [0.15, 0.2) is 48.7 Å². The Morgan fingerprint density at radius 1 is 0.962 bits per heavy atom. The van der Waals surface area contributed by atoms with E-state index >= 15 is 0 Å². The van der Waals surface area contributed by atoms with Gasteiger partial charge in [-0.15, -0.1) is 11.3 Å². The highest BCUT2D eigenvalue weighted by molar-refractivity contribution is 7.18. The van der Waals surface area contributed by atoms with Gasteiger partial charge in [0.2, 0.25) is 0 Å². The number of piperidine rings is 1. The Hall–Kier alpha value is -2.24. The third-order valence-corrected chi connectivity index (χ3v) is 6.40. The van der Waals surface area contributed by atoms with Gasteiger partial charge in [-0.3, -0.25) is 4.98 Å². The Bertz CT molecular complexity index is 1090.